The highest BCUT2D eigenvalue weighted by atomic mass is 32.2. The zero-order valence-corrected chi connectivity index (χ0v) is 11.7. The van der Waals surface area contributed by atoms with Crippen LogP contribution in [0.4, 0.5) is 0 Å². The van der Waals surface area contributed by atoms with E-state index in [2.05, 4.69) is 42.5 Å². The van der Waals surface area contributed by atoms with Gasteiger partial charge in [-0.1, -0.05) is 42.5 Å². The fourth-order valence-electron chi connectivity index (χ4n) is 1.94. The van der Waals surface area contributed by atoms with Gasteiger partial charge in [-0.15, -0.1) is 0 Å². The minimum atomic E-state index is 0.752. The molecule has 2 heteroatoms. The summed E-state index contributed by atoms with van der Waals surface area (Å²) in [7, 11) is 0. The maximum atomic E-state index is 8.84. The van der Waals surface area contributed by atoms with E-state index in [0.717, 1.165) is 23.5 Å². The van der Waals surface area contributed by atoms with Gasteiger partial charge in [-0.2, -0.15) is 17.0 Å². The number of aryl methyl sites for hydroxylation is 1. The quantitative estimate of drug-likeness (QED) is 0.723. The average molecular weight is 267 g/mol. The third-order valence-electron chi connectivity index (χ3n) is 2.92. The van der Waals surface area contributed by atoms with E-state index in [1.54, 1.807) is 0 Å². The van der Waals surface area contributed by atoms with Crippen LogP contribution < -0.4 is 0 Å². The Balaban J connectivity index is 1.68. The predicted octanol–water partition coefficient (Wildman–Crippen LogP) is 4.42. The second-order valence-electron chi connectivity index (χ2n) is 4.45. The number of rotatable bonds is 6. The first-order chi connectivity index (χ1) is 9.38. The standard InChI is InChI=1S/C17H17NS/c18-13-16-8-4-9-17(12-16)14-19-11-5-10-15-6-2-1-3-7-15/h1-4,6-9,12H,5,10-11,14H2. The van der Waals surface area contributed by atoms with Crippen molar-refractivity contribution in [2.75, 3.05) is 5.75 Å². The molecule has 0 N–H and O–H groups in total. The van der Waals surface area contributed by atoms with Gasteiger partial charge in [0.1, 0.15) is 0 Å². The van der Waals surface area contributed by atoms with E-state index in [4.69, 9.17) is 5.26 Å². The Bertz CT molecular complexity index is 543. The lowest BCUT2D eigenvalue weighted by Gasteiger charge is -2.03. The van der Waals surface area contributed by atoms with Gasteiger partial charge in [0.15, 0.2) is 0 Å². The van der Waals surface area contributed by atoms with Crippen LogP contribution in [0.3, 0.4) is 0 Å². The second-order valence-corrected chi connectivity index (χ2v) is 5.56. The lowest BCUT2D eigenvalue weighted by Crippen LogP contribution is -1.89. The van der Waals surface area contributed by atoms with Crippen LogP contribution in [0, 0.1) is 11.3 Å². The number of thioether (sulfide) groups is 1. The molecule has 0 saturated heterocycles. The van der Waals surface area contributed by atoms with Gasteiger partial charge in [0.25, 0.3) is 0 Å². The van der Waals surface area contributed by atoms with Crippen LogP contribution in [-0.4, -0.2) is 5.75 Å². The minimum absolute atomic E-state index is 0.752. The highest BCUT2D eigenvalue weighted by molar-refractivity contribution is 7.98. The van der Waals surface area contributed by atoms with E-state index < -0.39 is 0 Å². The van der Waals surface area contributed by atoms with Gasteiger partial charge < -0.3 is 0 Å². The zero-order chi connectivity index (χ0) is 13.3. The minimum Gasteiger partial charge on any atom is -0.192 e. The first kappa shape index (κ1) is 13.7. The number of benzene rings is 2. The van der Waals surface area contributed by atoms with Crippen LogP contribution in [0.2, 0.25) is 0 Å². The second kappa shape index (κ2) is 7.66. The van der Waals surface area contributed by atoms with Crippen LogP contribution in [0.25, 0.3) is 0 Å². The molecule has 0 aromatic heterocycles. The lowest BCUT2D eigenvalue weighted by molar-refractivity contribution is 0.933. The largest absolute Gasteiger partial charge is 0.192 e. The summed E-state index contributed by atoms with van der Waals surface area (Å²) in [5.41, 5.74) is 3.40. The molecule has 1 nitrogen and oxygen atoms in total. The van der Waals surface area contributed by atoms with Gasteiger partial charge in [0, 0.05) is 5.75 Å². The van der Waals surface area contributed by atoms with Crippen LogP contribution in [0.15, 0.2) is 54.6 Å². The summed E-state index contributed by atoms with van der Waals surface area (Å²) in [5.74, 6) is 2.15. The summed E-state index contributed by atoms with van der Waals surface area (Å²) in [6.45, 7) is 0. The molecule has 96 valence electrons. The predicted molar refractivity (Wildman–Crippen MR) is 82.1 cm³/mol. The molecule has 0 bridgehead atoms. The number of hydrogen-bond acceptors (Lipinski definition) is 2. The Morgan fingerprint density at radius 2 is 1.74 bits per heavy atom. The highest BCUT2D eigenvalue weighted by Gasteiger charge is 1.97. The molecule has 2 aromatic rings. The molecule has 0 spiro atoms. The van der Waals surface area contributed by atoms with E-state index in [0.29, 0.717) is 0 Å². The SMILES string of the molecule is N#Cc1cccc(CSCCCc2ccccc2)c1. The van der Waals surface area contributed by atoms with E-state index in [-0.39, 0.29) is 0 Å². The van der Waals surface area contributed by atoms with Gasteiger partial charge in [0.05, 0.1) is 11.6 Å². The molecule has 0 amide bonds. The normalized spacial score (nSPS) is 10.1. The van der Waals surface area contributed by atoms with Crippen LogP contribution in [0.5, 0.6) is 0 Å². The molecule has 19 heavy (non-hydrogen) atoms. The molecule has 0 atom stereocenters. The maximum Gasteiger partial charge on any atom is 0.0991 e. The van der Waals surface area contributed by atoms with Crippen molar-refractivity contribution in [3.05, 3.63) is 71.3 Å². The van der Waals surface area contributed by atoms with Crippen molar-refractivity contribution in [1.29, 1.82) is 5.26 Å². The number of hydrogen-bond donors (Lipinski definition) is 0. The van der Waals surface area contributed by atoms with E-state index in [9.17, 15) is 0 Å². The van der Waals surface area contributed by atoms with Crippen LogP contribution >= 0.6 is 11.8 Å². The van der Waals surface area contributed by atoms with Gasteiger partial charge in [-0.25, -0.2) is 0 Å². The summed E-state index contributed by atoms with van der Waals surface area (Å²) in [6, 6.07) is 20.7. The fraction of sp³-hybridized carbons (Fsp3) is 0.235. The lowest BCUT2D eigenvalue weighted by atomic mass is 10.1. The smallest absolute Gasteiger partial charge is 0.0991 e. The molecule has 0 heterocycles. The summed E-state index contributed by atoms with van der Waals surface area (Å²) in [5, 5.41) is 8.84. The van der Waals surface area contributed by atoms with Gasteiger partial charge in [-0.05, 0) is 41.9 Å². The summed E-state index contributed by atoms with van der Waals surface area (Å²) < 4.78 is 0. The Morgan fingerprint density at radius 1 is 0.947 bits per heavy atom. The van der Waals surface area contributed by atoms with Gasteiger partial charge >= 0.3 is 0 Å². The topological polar surface area (TPSA) is 23.8 Å². The Kier molecular flexibility index (Phi) is 5.52. The van der Waals surface area contributed by atoms with Crippen molar-refractivity contribution in [3.8, 4) is 6.07 Å². The Labute approximate surface area is 119 Å². The monoisotopic (exact) mass is 267 g/mol. The maximum absolute atomic E-state index is 8.84. The van der Waals surface area contributed by atoms with Crippen molar-refractivity contribution in [3.63, 3.8) is 0 Å². The van der Waals surface area contributed by atoms with Crippen molar-refractivity contribution in [1.82, 2.24) is 0 Å². The summed E-state index contributed by atoms with van der Waals surface area (Å²) in [4.78, 5) is 0. The molecule has 0 unspecified atom stereocenters. The van der Waals surface area contributed by atoms with Crippen LogP contribution in [-0.2, 0) is 12.2 Å². The van der Waals surface area contributed by atoms with E-state index in [1.807, 2.05) is 30.0 Å². The zero-order valence-electron chi connectivity index (χ0n) is 10.9. The van der Waals surface area contributed by atoms with Crippen molar-refractivity contribution < 1.29 is 0 Å². The molecule has 0 aliphatic rings. The summed E-state index contributed by atoms with van der Waals surface area (Å²) in [6.07, 6.45) is 2.35. The molecular formula is C17H17NS. The third kappa shape index (κ3) is 4.81. The van der Waals surface area contributed by atoms with E-state index >= 15 is 0 Å². The Hall–Kier alpha value is -1.72. The molecule has 0 saturated carbocycles. The number of nitrogens with zero attached hydrogens (tertiary/aromatic N) is 1. The molecule has 2 aromatic carbocycles. The van der Waals surface area contributed by atoms with Crippen molar-refractivity contribution in [2.24, 2.45) is 0 Å². The molecule has 0 aliphatic heterocycles. The average Bonchev–Trinajstić information content (AvgIpc) is 2.48. The summed E-state index contributed by atoms with van der Waals surface area (Å²) >= 11 is 1.94. The molecule has 2 rings (SSSR count). The molecule has 0 aliphatic carbocycles. The van der Waals surface area contributed by atoms with Gasteiger partial charge in [0.2, 0.25) is 0 Å². The first-order valence-electron chi connectivity index (χ1n) is 6.49. The highest BCUT2D eigenvalue weighted by Crippen LogP contribution is 2.15. The van der Waals surface area contributed by atoms with Gasteiger partial charge in [-0.3, -0.25) is 0 Å². The van der Waals surface area contributed by atoms with E-state index in [1.165, 1.54) is 17.5 Å². The van der Waals surface area contributed by atoms with Crippen molar-refractivity contribution >= 4 is 11.8 Å². The number of nitriles is 1. The first-order valence-corrected chi connectivity index (χ1v) is 7.64. The molecule has 0 fully saturated rings. The third-order valence-corrected chi connectivity index (χ3v) is 4.04. The Morgan fingerprint density at radius 3 is 2.53 bits per heavy atom. The molecular weight excluding hydrogens is 250 g/mol. The van der Waals surface area contributed by atoms with Crippen molar-refractivity contribution in [2.45, 2.75) is 18.6 Å². The fourth-order valence-corrected chi connectivity index (χ4v) is 2.85. The molecule has 0 radical (unpaired) electrons. The van der Waals surface area contributed by atoms with Crippen LogP contribution in [0.1, 0.15) is 23.1 Å².